The summed E-state index contributed by atoms with van der Waals surface area (Å²) in [7, 11) is 2.13. The first-order valence-electron chi connectivity index (χ1n) is 5.40. The third-order valence-electron chi connectivity index (χ3n) is 2.55. The highest BCUT2D eigenvalue weighted by atomic mass is 35.5. The Hall–Kier alpha value is -0.540. The number of halogens is 1. The molecule has 0 saturated heterocycles. The molecule has 1 atom stereocenters. The van der Waals surface area contributed by atoms with E-state index in [1.165, 1.54) is 0 Å². The largest absolute Gasteiger partial charge is 0.334 e. The van der Waals surface area contributed by atoms with E-state index < -0.39 is 0 Å². The summed E-state index contributed by atoms with van der Waals surface area (Å²) >= 11 is 5.90. The molecule has 1 unspecified atom stereocenters. The van der Waals surface area contributed by atoms with Gasteiger partial charge in [0, 0.05) is 30.9 Å². The number of nitrogens with zero attached hydrogens (tertiary/aromatic N) is 3. The number of imidazole rings is 1. The molecule has 15 heavy (non-hydrogen) atoms. The fraction of sp³-hybridized carbons (Fsp3) is 0.727. The van der Waals surface area contributed by atoms with Crippen molar-refractivity contribution in [1.29, 1.82) is 0 Å². The summed E-state index contributed by atoms with van der Waals surface area (Å²) in [5.74, 6) is 1.08. The van der Waals surface area contributed by atoms with Crippen molar-refractivity contribution in [3.63, 3.8) is 0 Å². The number of hydrogen-bond donors (Lipinski definition) is 0. The molecule has 0 N–H and O–H groups in total. The molecule has 0 fully saturated rings. The molecule has 1 aromatic heterocycles. The molecule has 1 aromatic rings. The maximum atomic E-state index is 5.90. The normalized spacial score (nSPS) is 13.4. The Morgan fingerprint density at radius 2 is 2.27 bits per heavy atom. The van der Waals surface area contributed by atoms with Crippen LogP contribution in [0.3, 0.4) is 0 Å². The summed E-state index contributed by atoms with van der Waals surface area (Å²) in [5, 5.41) is 0.266. The van der Waals surface area contributed by atoms with Gasteiger partial charge in [0.05, 0.1) is 0 Å². The van der Waals surface area contributed by atoms with Gasteiger partial charge in [0.15, 0.2) is 0 Å². The number of hydrogen-bond acceptors (Lipinski definition) is 2. The van der Waals surface area contributed by atoms with Crippen molar-refractivity contribution >= 4 is 11.6 Å². The SMILES string of the molecule is Cc1nccn1CCN(C)CCC(C)Cl. The predicted octanol–water partition coefficient (Wildman–Crippen LogP) is 2.14. The van der Waals surface area contributed by atoms with E-state index in [-0.39, 0.29) is 5.38 Å². The van der Waals surface area contributed by atoms with E-state index in [1.807, 2.05) is 26.2 Å². The Kier molecular flexibility index (Phi) is 5.12. The van der Waals surface area contributed by atoms with Crippen LogP contribution >= 0.6 is 11.6 Å². The van der Waals surface area contributed by atoms with Crippen molar-refractivity contribution < 1.29 is 0 Å². The lowest BCUT2D eigenvalue weighted by Crippen LogP contribution is -2.25. The van der Waals surface area contributed by atoms with Crippen molar-refractivity contribution in [2.45, 2.75) is 32.2 Å². The summed E-state index contributed by atoms with van der Waals surface area (Å²) in [5.41, 5.74) is 0. The molecule has 0 aromatic carbocycles. The van der Waals surface area contributed by atoms with Gasteiger partial charge in [0.2, 0.25) is 0 Å². The lowest BCUT2D eigenvalue weighted by atomic mass is 10.3. The van der Waals surface area contributed by atoms with Crippen molar-refractivity contribution in [3.05, 3.63) is 18.2 Å². The second-order valence-corrected chi connectivity index (χ2v) is 4.79. The van der Waals surface area contributed by atoms with Crippen LogP contribution in [0, 0.1) is 6.92 Å². The Labute approximate surface area is 97.1 Å². The second kappa shape index (κ2) is 6.13. The molecule has 0 aliphatic heterocycles. The summed E-state index contributed by atoms with van der Waals surface area (Å²) in [6, 6.07) is 0. The molecule has 0 radical (unpaired) electrons. The highest BCUT2D eigenvalue weighted by molar-refractivity contribution is 6.20. The molecule has 0 saturated carbocycles. The number of rotatable bonds is 6. The fourth-order valence-electron chi connectivity index (χ4n) is 1.43. The van der Waals surface area contributed by atoms with Gasteiger partial charge in [-0.15, -0.1) is 11.6 Å². The lowest BCUT2D eigenvalue weighted by Gasteiger charge is -2.17. The molecule has 1 rings (SSSR count). The zero-order chi connectivity index (χ0) is 11.3. The summed E-state index contributed by atoms with van der Waals surface area (Å²) in [4.78, 5) is 6.50. The molecule has 0 aliphatic carbocycles. The van der Waals surface area contributed by atoms with E-state index in [0.29, 0.717) is 0 Å². The Bertz CT molecular complexity index is 283. The van der Waals surface area contributed by atoms with Crippen LogP contribution in [0.4, 0.5) is 0 Å². The van der Waals surface area contributed by atoms with Crippen molar-refractivity contribution in [2.24, 2.45) is 0 Å². The summed E-state index contributed by atoms with van der Waals surface area (Å²) in [6.07, 6.45) is 4.91. The number of aryl methyl sites for hydroxylation is 1. The van der Waals surface area contributed by atoms with Gasteiger partial charge < -0.3 is 9.47 Å². The van der Waals surface area contributed by atoms with Gasteiger partial charge in [0.25, 0.3) is 0 Å². The van der Waals surface area contributed by atoms with Crippen LogP contribution in [0.1, 0.15) is 19.2 Å². The number of likely N-dealkylation sites (N-methyl/N-ethyl adjacent to an activating group) is 1. The average molecular weight is 230 g/mol. The number of aromatic nitrogens is 2. The zero-order valence-corrected chi connectivity index (χ0v) is 10.5. The second-order valence-electron chi connectivity index (χ2n) is 4.04. The van der Waals surface area contributed by atoms with Crippen LogP contribution in [-0.2, 0) is 6.54 Å². The third-order valence-corrected chi connectivity index (χ3v) is 2.77. The summed E-state index contributed by atoms with van der Waals surface area (Å²) < 4.78 is 2.17. The first-order chi connectivity index (χ1) is 7.09. The van der Waals surface area contributed by atoms with Crippen LogP contribution in [0.15, 0.2) is 12.4 Å². The topological polar surface area (TPSA) is 21.1 Å². The Morgan fingerprint density at radius 3 is 2.80 bits per heavy atom. The monoisotopic (exact) mass is 229 g/mol. The first-order valence-corrected chi connectivity index (χ1v) is 5.83. The van der Waals surface area contributed by atoms with Gasteiger partial charge in [-0.25, -0.2) is 4.98 Å². The van der Waals surface area contributed by atoms with E-state index in [0.717, 1.165) is 31.9 Å². The van der Waals surface area contributed by atoms with E-state index in [1.54, 1.807) is 0 Å². The minimum atomic E-state index is 0.266. The van der Waals surface area contributed by atoms with Crippen molar-refractivity contribution in [3.8, 4) is 0 Å². The van der Waals surface area contributed by atoms with Gasteiger partial charge in [-0.05, 0) is 33.9 Å². The van der Waals surface area contributed by atoms with Gasteiger partial charge in [0.1, 0.15) is 5.82 Å². The maximum Gasteiger partial charge on any atom is 0.105 e. The highest BCUT2D eigenvalue weighted by Crippen LogP contribution is 2.02. The predicted molar refractivity (Wildman–Crippen MR) is 64.4 cm³/mol. The van der Waals surface area contributed by atoms with Gasteiger partial charge in [-0.2, -0.15) is 0 Å². The van der Waals surface area contributed by atoms with Crippen LogP contribution in [0.5, 0.6) is 0 Å². The molecular formula is C11H20ClN3. The first kappa shape index (κ1) is 12.5. The van der Waals surface area contributed by atoms with Crippen LogP contribution in [0.25, 0.3) is 0 Å². The van der Waals surface area contributed by atoms with E-state index in [4.69, 9.17) is 11.6 Å². The smallest absolute Gasteiger partial charge is 0.105 e. The fourth-order valence-corrected chi connectivity index (χ4v) is 1.53. The Morgan fingerprint density at radius 1 is 1.53 bits per heavy atom. The summed E-state index contributed by atoms with van der Waals surface area (Å²) in [6.45, 7) is 7.16. The highest BCUT2D eigenvalue weighted by Gasteiger charge is 2.02. The molecule has 3 nitrogen and oxygen atoms in total. The molecule has 86 valence electrons. The van der Waals surface area contributed by atoms with Crippen LogP contribution in [0.2, 0.25) is 0 Å². The molecule has 0 spiro atoms. The maximum absolute atomic E-state index is 5.90. The number of alkyl halides is 1. The van der Waals surface area contributed by atoms with Gasteiger partial charge in [-0.1, -0.05) is 0 Å². The van der Waals surface area contributed by atoms with E-state index in [2.05, 4.69) is 21.5 Å². The molecule has 0 aliphatic rings. The standard InChI is InChI=1S/C11H20ClN3/c1-10(12)4-6-14(3)8-9-15-7-5-13-11(15)2/h5,7,10H,4,6,8-9H2,1-3H3. The van der Waals surface area contributed by atoms with Crippen LogP contribution in [-0.4, -0.2) is 40.0 Å². The zero-order valence-electron chi connectivity index (χ0n) is 9.78. The Balaban J connectivity index is 2.22. The van der Waals surface area contributed by atoms with Gasteiger partial charge >= 0.3 is 0 Å². The minimum Gasteiger partial charge on any atom is -0.334 e. The molecule has 0 amide bonds. The average Bonchev–Trinajstić information content (AvgIpc) is 2.58. The van der Waals surface area contributed by atoms with Gasteiger partial charge in [-0.3, -0.25) is 0 Å². The minimum absolute atomic E-state index is 0.266. The quantitative estimate of drug-likeness (QED) is 0.697. The van der Waals surface area contributed by atoms with Crippen LogP contribution < -0.4 is 0 Å². The van der Waals surface area contributed by atoms with Crippen molar-refractivity contribution in [2.75, 3.05) is 20.1 Å². The van der Waals surface area contributed by atoms with E-state index >= 15 is 0 Å². The van der Waals surface area contributed by atoms with E-state index in [9.17, 15) is 0 Å². The van der Waals surface area contributed by atoms with Crippen molar-refractivity contribution in [1.82, 2.24) is 14.5 Å². The lowest BCUT2D eigenvalue weighted by molar-refractivity contribution is 0.313. The molecule has 0 bridgehead atoms. The molecule has 4 heteroatoms. The third kappa shape index (κ3) is 4.67. The molecular weight excluding hydrogens is 210 g/mol. The molecule has 1 heterocycles.